The molecule has 2 N–H and O–H groups in total. The molecule has 0 radical (unpaired) electrons. The normalized spacial score (nSPS) is 12.6. The Hall–Kier alpha value is -3.26. The van der Waals surface area contributed by atoms with E-state index in [1.165, 1.54) is 18.3 Å². The number of para-hydroxylation sites is 1. The van der Waals surface area contributed by atoms with Gasteiger partial charge in [0.2, 0.25) is 6.79 Å². The lowest BCUT2D eigenvalue weighted by Gasteiger charge is -2.13. The first-order valence-electron chi connectivity index (χ1n) is 8.64. The van der Waals surface area contributed by atoms with Crippen molar-refractivity contribution in [3.05, 3.63) is 65.9 Å². The number of nitrogens with one attached hydrogen (secondary N) is 2. The minimum absolute atomic E-state index is 0.0883. The van der Waals surface area contributed by atoms with Gasteiger partial charge >= 0.3 is 0 Å². The van der Waals surface area contributed by atoms with E-state index >= 15 is 0 Å². The van der Waals surface area contributed by atoms with Gasteiger partial charge < -0.3 is 14.8 Å². The molecule has 7 nitrogen and oxygen atoms in total. The topological polar surface area (TPSA) is 89.5 Å². The van der Waals surface area contributed by atoms with Crippen molar-refractivity contribution < 1.29 is 17.9 Å². The van der Waals surface area contributed by atoms with E-state index in [4.69, 9.17) is 9.47 Å². The molecule has 0 amide bonds. The summed E-state index contributed by atoms with van der Waals surface area (Å²) in [7, 11) is -3.77. The van der Waals surface area contributed by atoms with Crippen LogP contribution in [0.4, 0.5) is 17.2 Å². The van der Waals surface area contributed by atoms with Crippen molar-refractivity contribution in [2.75, 3.05) is 16.8 Å². The monoisotopic (exact) mass is 397 g/mol. The molecule has 1 aromatic heterocycles. The quantitative estimate of drug-likeness (QED) is 0.677. The van der Waals surface area contributed by atoms with Crippen LogP contribution in [0.3, 0.4) is 0 Å². The van der Waals surface area contributed by atoms with Gasteiger partial charge in [-0.1, -0.05) is 18.2 Å². The number of hydrogen-bond acceptors (Lipinski definition) is 6. The van der Waals surface area contributed by atoms with Crippen LogP contribution in [0.1, 0.15) is 11.1 Å². The molecule has 2 heterocycles. The van der Waals surface area contributed by atoms with Gasteiger partial charge in [-0.15, -0.1) is 0 Å². The number of sulfonamides is 1. The van der Waals surface area contributed by atoms with Crippen LogP contribution in [0.25, 0.3) is 0 Å². The van der Waals surface area contributed by atoms with Gasteiger partial charge in [-0.2, -0.15) is 0 Å². The minimum Gasteiger partial charge on any atom is -0.454 e. The zero-order valence-corrected chi connectivity index (χ0v) is 16.2. The van der Waals surface area contributed by atoms with Gasteiger partial charge in [-0.25, -0.2) is 13.4 Å². The fourth-order valence-electron chi connectivity index (χ4n) is 2.93. The average Bonchev–Trinajstić information content (AvgIpc) is 3.14. The van der Waals surface area contributed by atoms with E-state index in [2.05, 4.69) is 15.0 Å². The fourth-order valence-corrected chi connectivity index (χ4v) is 3.98. The lowest BCUT2D eigenvalue weighted by Crippen LogP contribution is -2.13. The van der Waals surface area contributed by atoms with Gasteiger partial charge in [0.1, 0.15) is 5.82 Å². The molecule has 0 fully saturated rings. The molecule has 3 aromatic rings. The molecule has 144 valence electrons. The number of aromatic nitrogens is 1. The Bertz CT molecular complexity index is 1110. The van der Waals surface area contributed by atoms with E-state index in [1.807, 2.05) is 32.0 Å². The highest BCUT2D eigenvalue weighted by Gasteiger charge is 2.20. The molecule has 2 aromatic carbocycles. The first-order valence-corrected chi connectivity index (χ1v) is 10.1. The third-order valence-electron chi connectivity index (χ3n) is 4.40. The maximum Gasteiger partial charge on any atom is 0.262 e. The number of ether oxygens (including phenoxy) is 2. The summed E-state index contributed by atoms with van der Waals surface area (Å²) >= 11 is 0. The van der Waals surface area contributed by atoms with Crippen LogP contribution in [0.15, 0.2) is 59.6 Å². The van der Waals surface area contributed by atoms with Crippen LogP contribution in [0, 0.1) is 13.8 Å². The maximum atomic E-state index is 12.6. The Labute approximate surface area is 163 Å². The summed E-state index contributed by atoms with van der Waals surface area (Å²) in [6.07, 6.45) is 1.47. The highest BCUT2D eigenvalue weighted by molar-refractivity contribution is 7.92. The van der Waals surface area contributed by atoms with Crippen LogP contribution in [-0.2, 0) is 10.0 Å². The number of hydrogen-bond donors (Lipinski definition) is 2. The summed E-state index contributed by atoms with van der Waals surface area (Å²) in [5.41, 5.74) is 3.57. The molecule has 0 atom stereocenters. The number of nitrogens with zero attached hydrogens (tertiary/aromatic N) is 1. The van der Waals surface area contributed by atoms with Crippen molar-refractivity contribution >= 4 is 27.2 Å². The molecule has 4 rings (SSSR count). The van der Waals surface area contributed by atoms with Gasteiger partial charge in [-0.3, -0.25) is 4.72 Å². The first kappa shape index (κ1) is 18.1. The van der Waals surface area contributed by atoms with Crippen LogP contribution in [0.5, 0.6) is 11.5 Å². The number of rotatable bonds is 5. The summed E-state index contributed by atoms with van der Waals surface area (Å²) in [5, 5.41) is 3.27. The van der Waals surface area contributed by atoms with Crippen LogP contribution in [0.2, 0.25) is 0 Å². The van der Waals surface area contributed by atoms with Crippen molar-refractivity contribution in [2.24, 2.45) is 0 Å². The summed E-state index contributed by atoms with van der Waals surface area (Å²) < 4.78 is 38.2. The number of aryl methyl sites for hydroxylation is 2. The number of anilines is 3. The maximum absolute atomic E-state index is 12.6. The Balaban J connectivity index is 1.51. The molecule has 0 spiro atoms. The Morgan fingerprint density at radius 3 is 2.43 bits per heavy atom. The summed E-state index contributed by atoms with van der Waals surface area (Å²) in [5.74, 6) is 1.57. The van der Waals surface area contributed by atoms with Crippen LogP contribution in [-0.4, -0.2) is 20.2 Å². The third-order valence-corrected chi connectivity index (χ3v) is 5.78. The zero-order chi connectivity index (χ0) is 19.7. The van der Waals surface area contributed by atoms with Gasteiger partial charge in [0.25, 0.3) is 10.0 Å². The highest BCUT2D eigenvalue weighted by atomic mass is 32.2. The van der Waals surface area contributed by atoms with Gasteiger partial charge in [0.15, 0.2) is 11.5 Å². The molecule has 0 aliphatic carbocycles. The second-order valence-electron chi connectivity index (χ2n) is 6.44. The van der Waals surface area contributed by atoms with Crippen molar-refractivity contribution in [3.8, 4) is 11.5 Å². The molecule has 28 heavy (non-hydrogen) atoms. The Kier molecular flexibility index (Phi) is 4.56. The van der Waals surface area contributed by atoms with Crippen molar-refractivity contribution in [1.82, 2.24) is 4.98 Å². The third kappa shape index (κ3) is 3.59. The number of benzene rings is 2. The van der Waals surface area contributed by atoms with E-state index in [1.54, 1.807) is 18.2 Å². The summed E-state index contributed by atoms with van der Waals surface area (Å²) in [4.78, 5) is 4.40. The van der Waals surface area contributed by atoms with Crippen molar-refractivity contribution in [3.63, 3.8) is 0 Å². The predicted octanol–water partition coefficient (Wildman–Crippen LogP) is 3.97. The number of fused-ring (bicyclic) bond motifs is 1. The molecule has 8 heteroatoms. The summed E-state index contributed by atoms with van der Waals surface area (Å²) in [6.45, 7) is 4.12. The van der Waals surface area contributed by atoms with Gasteiger partial charge in [0, 0.05) is 11.8 Å². The standard InChI is InChI=1S/C20H19N3O4S/c1-13-4-3-5-14(2)20(13)22-19-9-6-15(11-21-19)23-28(24,25)16-7-8-17-18(10-16)27-12-26-17/h3-11,23H,12H2,1-2H3,(H,21,22). The second-order valence-corrected chi connectivity index (χ2v) is 8.13. The molecule has 0 unspecified atom stereocenters. The smallest absolute Gasteiger partial charge is 0.262 e. The predicted molar refractivity (Wildman–Crippen MR) is 107 cm³/mol. The first-order chi connectivity index (χ1) is 13.4. The van der Waals surface area contributed by atoms with E-state index in [9.17, 15) is 8.42 Å². The SMILES string of the molecule is Cc1cccc(C)c1Nc1ccc(NS(=O)(=O)c2ccc3c(c2)OCO3)cn1. The van der Waals surface area contributed by atoms with E-state index in [0.29, 0.717) is 23.0 Å². The fraction of sp³-hybridized carbons (Fsp3) is 0.150. The van der Waals surface area contributed by atoms with Crippen LogP contribution >= 0.6 is 0 Å². The Morgan fingerprint density at radius 1 is 0.964 bits per heavy atom. The molecule has 0 saturated heterocycles. The Morgan fingerprint density at radius 2 is 1.71 bits per heavy atom. The zero-order valence-electron chi connectivity index (χ0n) is 15.4. The van der Waals surface area contributed by atoms with Gasteiger partial charge in [0.05, 0.1) is 16.8 Å². The molecule has 0 saturated carbocycles. The van der Waals surface area contributed by atoms with E-state index in [0.717, 1.165) is 16.8 Å². The molecular weight excluding hydrogens is 378 g/mol. The largest absolute Gasteiger partial charge is 0.454 e. The molecular formula is C20H19N3O4S. The van der Waals surface area contributed by atoms with Crippen molar-refractivity contribution in [2.45, 2.75) is 18.7 Å². The van der Waals surface area contributed by atoms with E-state index in [-0.39, 0.29) is 11.7 Å². The lowest BCUT2D eigenvalue weighted by atomic mass is 10.1. The van der Waals surface area contributed by atoms with Crippen molar-refractivity contribution in [1.29, 1.82) is 0 Å². The second kappa shape index (κ2) is 7.05. The average molecular weight is 397 g/mol. The molecule has 1 aliphatic rings. The van der Waals surface area contributed by atoms with E-state index < -0.39 is 10.0 Å². The summed E-state index contributed by atoms with van der Waals surface area (Å²) in [6, 6.07) is 13.9. The number of pyridine rings is 1. The van der Waals surface area contributed by atoms with Gasteiger partial charge in [-0.05, 0) is 49.2 Å². The minimum atomic E-state index is -3.77. The molecule has 0 bridgehead atoms. The lowest BCUT2D eigenvalue weighted by molar-refractivity contribution is 0.174. The van der Waals surface area contributed by atoms with Crippen LogP contribution < -0.4 is 19.5 Å². The highest BCUT2D eigenvalue weighted by Crippen LogP contribution is 2.34. The molecule has 1 aliphatic heterocycles.